The second-order valence-corrected chi connectivity index (χ2v) is 8.43. The molecule has 1 aliphatic carbocycles. The normalized spacial score (nSPS) is 23.4. The van der Waals surface area contributed by atoms with Crippen LogP contribution in [0, 0.1) is 0 Å². The standard InChI is InChI=1S/C20H25N3O3S/c1-13-12-17(19(24)26-13)27-20-22-21-18(15-10-6-7-11-16(15)25-2)23(20)14-8-4-3-5-9-14/h6-7,10-11,13-14,17H,3-5,8-9,12H2,1-2H3. The molecule has 7 heteroatoms. The van der Waals surface area contributed by atoms with E-state index in [1.807, 2.05) is 31.2 Å². The fourth-order valence-corrected chi connectivity index (χ4v) is 5.19. The van der Waals surface area contributed by atoms with E-state index in [0.29, 0.717) is 12.5 Å². The molecule has 0 N–H and O–H groups in total. The number of hydrogen-bond acceptors (Lipinski definition) is 6. The molecule has 2 atom stereocenters. The minimum absolute atomic E-state index is 0.0326. The molecule has 4 rings (SSSR count). The van der Waals surface area contributed by atoms with Gasteiger partial charge < -0.3 is 9.47 Å². The summed E-state index contributed by atoms with van der Waals surface area (Å²) in [4.78, 5) is 12.1. The minimum atomic E-state index is -0.211. The van der Waals surface area contributed by atoms with Gasteiger partial charge in [0.25, 0.3) is 0 Å². The number of thioether (sulfide) groups is 1. The summed E-state index contributed by atoms with van der Waals surface area (Å²) in [6.45, 7) is 1.94. The Morgan fingerprint density at radius 2 is 1.96 bits per heavy atom. The first-order chi connectivity index (χ1) is 13.2. The molecule has 27 heavy (non-hydrogen) atoms. The van der Waals surface area contributed by atoms with Gasteiger partial charge in [-0.25, -0.2) is 0 Å². The highest BCUT2D eigenvalue weighted by Gasteiger charge is 2.35. The number of carbonyl (C=O) groups is 1. The molecule has 1 aliphatic heterocycles. The fraction of sp³-hybridized carbons (Fsp3) is 0.550. The van der Waals surface area contributed by atoms with Gasteiger partial charge in [-0.05, 0) is 31.9 Å². The Hall–Kier alpha value is -2.02. The van der Waals surface area contributed by atoms with Crippen molar-refractivity contribution in [3.63, 3.8) is 0 Å². The van der Waals surface area contributed by atoms with Crippen LogP contribution in [0.25, 0.3) is 11.4 Å². The van der Waals surface area contributed by atoms with Crippen LogP contribution in [0.1, 0.15) is 51.5 Å². The average Bonchev–Trinajstić information content (AvgIpc) is 3.25. The largest absolute Gasteiger partial charge is 0.496 e. The van der Waals surface area contributed by atoms with Gasteiger partial charge in [-0.1, -0.05) is 43.2 Å². The maximum Gasteiger partial charge on any atom is 0.319 e. The number of cyclic esters (lactones) is 1. The highest BCUT2D eigenvalue weighted by molar-refractivity contribution is 8.00. The van der Waals surface area contributed by atoms with E-state index in [2.05, 4.69) is 14.8 Å². The fourth-order valence-electron chi connectivity index (χ4n) is 3.98. The van der Waals surface area contributed by atoms with Crippen LogP contribution in [-0.2, 0) is 9.53 Å². The summed E-state index contributed by atoms with van der Waals surface area (Å²) in [6, 6.07) is 8.25. The topological polar surface area (TPSA) is 66.2 Å². The maximum absolute atomic E-state index is 12.1. The van der Waals surface area contributed by atoms with Crippen LogP contribution in [0.15, 0.2) is 29.4 Å². The average molecular weight is 388 g/mol. The SMILES string of the molecule is COc1ccccc1-c1nnc(SC2CC(C)OC2=O)n1C1CCCCC1. The minimum Gasteiger partial charge on any atom is -0.496 e. The van der Waals surface area contributed by atoms with Gasteiger partial charge in [0, 0.05) is 12.5 Å². The molecular formula is C20H25N3O3S. The first kappa shape index (κ1) is 18.3. The van der Waals surface area contributed by atoms with Crippen molar-refractivity contribution in [1.82, 2.24) is 14.8 Å². The molecule has 1 saturated heterocycles. The quantitative estimate of drug-likeness (QED) is 0.715. The van der Waals surface area contributed by atoms with Crippen molar-refractivity contribution in [2.24, 2.45) is 0 Å². The summed E-state index contributed by atoms with van der Waals surface area (Å²) >= 11 is 1.49. The van der Waals surface area contributed by atoms with Gasteiger partial charge in [-0.3, -0.25) is 9.36 Å². The molecule has 6 nitrogen and oxygen atoms in total. The molecule has 0 radical (unpaired) electrons. The summed E-state index contributed by atoms with van der Waals surface area (Å²) in [5, 5.41) is 9.59. The number of esters is 1. The number of hydrogen-bond donors (Lipinski definition) is 0. The number of para-hydroxylation sites is 1. The van der Waals surface area contributed by atoms with Crippen LogP contribution in [0.4, 0.5) is 0 Å². The first-order valence-electron chi connectivity index (χ1n) is 9.63. The number of benzene rings is 1. The van der Waals surface area contributed by atoms with E-state index in [4.69, 9.17) is 9.47 Å². The van der Waals surface area contributed by atoms with E-state index in [9.17, 15) is 4.79 Å². The van der Waals surface area contributed by atoms with E-state index in [1.54, 1.807) is 7.11 Å². The number of nitrogens with zero attached hydrogens (tertiary/aromatic N) is 3. The molecular weight excluding hydrogens is 362 g/mol. The Morgan fingerprint density at radius 1 is 1.19 bits per heavy atom. The molecule has 0 amide bonds. The van der Waals surface area contributed by atoms with E-state index >= 15 is 0 Å². The van der Waals surface area contributed by atoms with Gasteiger partial charge in [0.15, 0.2) is 11.0 Å². The molecule has 144 valence electrons. The lowest BCUT2D eigenvalue weighted by Gasteiger charge is -2.26. The molecule has 2 fully saturated rings. The summed E-state index contributed by atoms with van der Waals surface area (Å²) in [6.07, 6.45) is 6.60. The van der Waals surface area contributed by atoms with Crippen molar-refractivity contribution < 1.29 is 14.3 Å². The third-order valence-corrected chi connectivity index (χ3v) is 6.48. The molecule has 0 spiro atoms. The molecule has 1 saturated carbocycles. The molecule has 1 aromatic heterocycles. The van der Waals surface area contributed by atoms with E-state index in [0.717, 1.165) is 35.1 Å². The van der Waals surface area contributed by atoms with E-state index in [-0.39, 0.29) is 17.3 Å². The van der Waals surface area contributed by atoms with Crippen molar-refractivity contribution in [2.45, 2.75) is 68.0 Å². The van der Waals surface area contributed by atoms with Crippen LogP contribution >= 0.6 is 11.8 Å². The number of rotatable bonds is 5. The zero-order chi connectivity index (χ0) is 18.8. The number of ether oxygens (including phenoxy) is 2. The third-order valence-electron chi connectivity index (χ3n) is 5.33. The van der Waals surface area contributed by atoms with Gasteiger partial charge in [0.2, 0.25) is 0 Å². The second kappa shape index (κ2) is 7.92. The lowest BCUT2D eigenvalue weighted by atomic mass is 9.95. The van der Waals surface area contributed by atoms with Crippen LogP contribution in [-0.4, -0.2) is 39.2 Å². The van der Waals surface area contributed by atoms with Crippen LogP contribution in [0.2, 0.25) is 0 Å². The maximum atomic E-state index is 12.1. The van der Waals surface area contributed by atoms with E-state index < -0.39 is 0 Å². The van der Waals surface area contributed by atoms with Crippen molar-refractivity contribution in [3.05, 3.63) is 24.3 Å². The Morgan fingerprint density at radius 3 is 2.67 bits per heavy atom. The number of methoxy groups -OCH3 is 1. The zero-order valence-corrected chi connectivity index (χ0v) is 16.6. The van der Waals surface area contributed by atoms with Crippen molar-refractivity contribution >= 4 is 17.7 Å². The number of aromatic nitrogens is 3. The van der Waals surface area contributed by atoms with Crippen molar-refractivity contribution in [2.75, 3.05) is 7.11 Å². The first-order valence-corrected chi connectivity index (χ1v) is 10.5. The lowest BCUT2D eigenvalue weighted by molar-refractivity contribution is -0.140. The zero-order valence-electron chi connectivity index (χ0n) is 15.8. The molecule has 2 aliphatic rings. The van der Waals surface area contributed by atoms with Gasteiger partial charge >= 0.3 is 5.97 Å². The molecule has 2 aromatic rings. The highest BCUT2D eigenvalue weighted by Crippen LogP contribution is 2.40. The third kappa shape index (κ3) is 3.70. The van der Waals surface area contributed by atoms with Crippen molar-refractivity contribution in [3.8, 4) is 17.1 Å². The predicted octanol–water partition coefficient (Wildman–Crippen LogP) is 4.26. The Balaban J connectivity index is 1.73. The van der Waals surface area contributed by atoms with E-state index in [1.165, 1.54) is 31.0 Å². The van der Waals surface area contributed by atoms with Crippen LogP contribution in [0.3, 0.4) is 0 Å². The van der Waals surface area contributed by atoms with Gasteiger partial charge in [-0.15, -0.1) is 10.2 Å². The van der Waals surface area contributed by atoms with Crippen LogP contribution in [0.5, 0.6) is 5.75 Å². The van der Waals surface area contributed by atoms with Gasteiger partial charge in [-0.2, -0.15) is 0 Å². The second-order valence-electron chi connectivity index (χ2n) is 7.26. The Bertz CT molecular complexity index is 817. The highest BCUT2D eigenvalue weighted by atomic mass is 32.2. The summed E-state index contributed by atoms with van der Waals surface area (Å²) in [5.74, 6) is 1.46. The molecule has 2 heterocycles. The summed E-state index contributed by atoms with van der Waals surface area (Å²) in [7, 11) is 1.67. The summed E-state index contributed by atoms with van der Waals surface area (Å²) < 4.78 is 13.1. The lowest BCUT2D eigenvalue weighted by Crippen LogP contribution is -2.17. The Kier molecular flexibility index (Phi) is 5.38. The number of carbonyl (C=O) groups excluding carboxylic acids is 1. The van der Waals surface area contributed by atoms with Crippen LogP contribution < -0.4 is 4.74 Å². The monoisotopic (exact) mass is 387 g/mol. The molecule has 2 unspecified atom stereocenters. The van der Waals surface area contributed by atoms with Gasteiger partial charge in [0.1, 0.15) is 17.1 Å². The predicted molar refractivity (Wildman–Crippen MR) is 104 cm³/mol. The molecule has 1 aromatic carbocycles. The summed E-state index contributed by atoms with van der Waals surface area (Å²) in [5.41, 5.74) is 0.937. The molecule has 0 bridgehead atoms. The Labute approximate surface area is 163 Å². The van der Waals surface area contributed by atoms with Crippen molar-refractivity contribution in [1.29, 1.82) is 0 Å². The smallest absolute Gasteiger partial charge is 0.319 e. The van der Waals surface area contributed by atoms with Gasteiger partial charge in [0.05, 0.1) is 12.7 Å².